The van der Waals surface area contributed by atoms with Gasteiger partial charge in [-0.05, 0) is 24.2 Å². The first-order chi connectivity index (χ1) is 12.5. The van der Waals surface area contributed by atoms with E-state index in [0.29, 0.717) is 35.1 Å². The molecule has 2 aromatic carbocycles. The van der Waals surface area contributed by atoms with Crippen LogP contribution < -0.4 is 15.8 Å². The molecule has 0 aliphatic carbocycles. The SMILES string of the molecule is CCN(CCNC(=O)c1cc(Cl)c(N)cc1OC)Cc1ccccc1Cl. The zero-order chi connectivity index (χ0) is 19.1. The van der Waals surface area contributed by atoms with Crippen LogP contribution in [0.2, 0.25) is 10.0 Å². The standard InChI is InChI=1S/C19H23Cl2N3O2/c1-3-24(12-13-6-4-5-7-15(13)20)9-8-23-19(25)14-10-16(21)17(22)11-18(14)26-2/h4-7,10-11H,3,8-9,12,22H2,1-2H3,(H,23,25). The van der Waals surface area contributed by atoms with Crippen molar-refractivity contribution in [2.24, 2.45) is 0 Å². The fourth-order valence-corrected chi connectivity index (χ4v) is 2.91. The van der Waals surface area contributed by atoms with E-state index in [-0.39, 0.29) is 5.91 Å². The van der Waals surface area contributed by atoms with Crippen molar-refractivity contribution in [3.63, 3.8) is 0 Å². The molecule has 0 aliphatic rings. The molecular weight excluding hydrogens is 373 g/mol. The van der Waals surface area contributed by atoms with Gasteiger partial charge in [-0.3, -0.25) is 9.69 Å². The van der Waals surface area contributed by atoms with Crippen molar-refractivity contribution >= 4 is 34.8 Å². The summed E-state index contributed by atoms with van der Waals surface area (Å²) in [5, 5.41) is 3.96. The highest BCUT2D eigenvalue weighted by molar-refractivity contribution is 6.33. The molecule has 140 valence electrons. The van der Waals surface area contributed by atoms with Gasteiger partial charge in [0.05, 0.1) is 23.4 Å². The van der Waals surface area contributed by atoms with E-state index >= 15 is 0 Å². The molecule has 0 unspecified atom stereocenters. The van der Waals surface area contributed by atoms with Crippen molar-refractivity contribution in [3.8, 4) is 5.75 Å². The molecule has 1 amide bonds. The van der Waals surface area contributed by atoms with Crippen LogP contribution in [0.1, 0.15) is 22.8 Å². The van der Waals surface area contributed by atoms with E-state index in [1.165, 1.54) is 13.2 Å². The molecular formula is C19H23Cl2N3O2. The minimum atomic E-state index is -0.252. The highest BCUT2D eigenvalue weighted by Crippen LogP contribution is 2.28. The fraction of sp³-hybridized carbons (Fsp3) is 0.316. The van der Waals surface area contributed by atoms with Crippen molar-refractivity contribution in [3.05, 3.63) is 57.6 Å². The molecule has 0 fully saturated rings. The van der Waals surface area contributed by atoms with Gasteiger partial charge in [-0.2, -0.15) is 0 Å². The average Bonchev–Trinajstić information content (AvgIpc) is 2.64. The lowest BCUT2D eigenvalue weighted by molar-refractivity contribution is 0.0945. The third-order valence-corrected chi connectivity index (χ3v) is 4.77. The summed E-state index contributed by atoms with van der Waals surface area (Å²) in [5.41, 5.74) is 7.55. The van der Waals surface area contributed by atoms with Crippen LogP contribution in [0, 0.1) is 0 Å². The second-order valence-electron chi connectivity index (χ2n) is 5.79. The summed E-state index contributed by atoms with van der Waals surface area (Å²) >= 11 is 12.2. The first kappa shape index (κ1) is 20.4. The first-order valence-corrected chi connectivity index (χ1v) is 9.08. The van der Waals surface area contributed by atoms with Gasteiger partial charge in [-0.25, -0.2) is 0 Å². The largest absolute Gasteiger partial charge is 0.496 e. The number of nitrogens with two attached hydrogens (primary N) is 1. The molecule has 0 bridgehead atoms. The zero-order valence-electron chi connectivity index (χ0n) is 14.9. The molecule has 0 radical (unpaired) electrons. The molecule has 26 heavy (non-hydrogen) atoms. The van der Waals surface area contributed by atoms with Gasteiger partial charge >= 0.3 is 0 Å². The van der Waals surface area contributed by atoms with Crippen LogP contribution in [0.5, 0.6) is 5.75 Å². The van der Waals surface area contributed by atoms with Gasteiger partial charge in [-0.1, -0.05) is 48.3 Å². The molecule has 0 spiro atoms. The van der Waals surface area contributed by atoms with E-state index in [2.05, 4.69) is 17.1 Å². The second-order valence-corrected chi connectivity index (χ2v) is 6.60. The number of hydrogen-bond donors (Lipinski definition) is 2. The number of carbonyl (C=O) groups is 1. The third-order valence-electron chi connectivity index (χ3n) is 4.08. The van der Waals surface area contributed by atoms with E-state index in [1.807, 2.05) is 24.3 Å². The number of halogens is 2. The molecule has 2 aromatic rings. The summed E-state index contributed by atoms with van der Waals surface area (Å²) in [6.07, 6.45) is 0. The number of anilines is 1. The van der Waals surface area contributed by atoms with Gasteiger partial charge in [0.1, 0.15) is 5.75 Å². The second kappa shape index (κ2) is 9.67. The van der Waals surface area contributed by atoms with Crippen molar-refractivity contribution in [2.75, 3.05) is 32.5 Å². The maximum absolute atomic E-state index is 12.4. The lowest BCUT2D eigenvalue weighted by Crippen LogP contribution is -2.34. The van der Waals surface area contributed by atoms with E-state index < -0.39 is 0 Å². The molecule has 0 aliphatic heterocycles. The van der Waals surface area contributed by atoms with Crippen LogP contribution in [0.25, 0.3) is 0 Å². The predicted octanol–water partition coefficient (Wildman–Crippen LogP) is 3.84. The van der Waals surface area contributed by atoms with Gasteiger partial charge in [0, 0.05) is 30.7 Å². The van der Waals surface area contributed by atoms with E-state index in [4.69, 9.17) is 33.7 Å². The Hall–Kier alpha value is -1.95. The van der Waals surface area contributed by atoms with Gasteiger partial charge in [0.2, 0.25) is 0 Å². The number of hydrogen-bond acceptors (Lipinski definition) is 4. The highest BCUT2D eigenvalue weighted by atomic mass is 35.5. The molecule has 0 heterocycles. The Morgan fingerprint density at radius 1 is 1.23 bits per heavy atom. The number of nitrogen functional groups attached to an aromatic ring is 1. The normalized spacial score (nSPS) is 10.8. The number of nitrogens with zero attached hydrogens (tertiary/aromatic N) is 1. The lowest BCUT2D eigenvalue weighted by Gasteiger charge is -2.21. The van der Waals surface area contributed by atoms with Gasteiger partial charge in [0.25, 0.3) is 5.91 Å². The maximum atomic E-state index is 12.4. The van der Waals surface area contributed by atoms with Crippen LogP contribution in [0.4, 0.5) is 5.69 Å². The molecule has 0 atom stereocenters. The molecule has 0 saturated heterocycles. The Morgan fingerprint density at radius 2 is 1.96 bits per heavy atom. The van der Waals surface area contributed by atoms with Gasteiger partial charge < -0.3 is 15.8 Å². The Balaban J connectivity index is 1.95. The van der Waals surface area contributed by atoms with E-state index in [0.717, 1.165) is 23.7 Å². The first-order valence-electron chi connectivity index (χ1n) is 8.33. The molecule has 5 nitrogen and oxygen atoms in total. The Morgan fingerprint density at radius 3 is 2.62 bits per heavy atom. The number of amides is 1. The maximum Gasteiger partial charge on any atom is 0.255 e. The summed E-state index contributed by atoms with van der Waals surface area (Å²) in [6.45, 7) is 4.82. The number of carbonyl (C=O) groups excluding carboxylic acids is 1. The van der Waals surface area contributed by atoms with Crippen LogP contribution in [0.15, 0.2) is 36.4 Å². The van der Waals surface area contributed by atoms with Crippen molar-refractivity contribution in [1.29, 1.82) is 0 Å². The van der Waals surface area contributed by atoms with Crippen LogP contribution in [0.3, 0.4) is 0 Å². The van der Waals surface area contributed by atoms with Crippen molar-refractivity contribution in [2.45, 2.75) is 13.5 Å². The van der Waals surface area contributed by atoms with E-state index in [1.54, 1.807) is 6.07 Å². The Labute approximate surface area is 164 Å². The monoisotopic (exact) mass is 395 g/mol. The minimum absolute atomic E-state index is 0.252. The number of benzene rings is 2. The topological polar surface area (TPSA) is 67.6 Å². The number of nitrogens with one attached hydrogen (secondary N) is 1. The lowest BCUT2D eigenvalue weighted by atomic mass is 10.1. The average molecular weight is 396 g/mol. The summed E-state index contributed by atoms with van der Waals surface area (Å²) < 4.78 is 5.22. The van der Waals surface area contributed by atoms with Crippen LogP contribution >= 0.6 is 23.2 Å². The number of rotatable bonds is 8. The van der Waals surface area contributed by atoms with Gasteiger partial charge in [-0.15, -0.1) is 0 Å². The predicted molar refractivity (Wildman–Crippen MR) is 107 cm³/mol. The smallest absolute Gasteiger partial charge is 0.255 e. The number of methoxy groups -OCH3 is 1. The van der Waals surface area contributed by atoms with Gasteiger partial charge in [0.15, 0.2) is 0 Å². The van der Waals surface area contributed by atoms with Crippen molar-refractivity contribution in [1.82, 2.24) is 10.2 Å². The molecule has 3 N–H and O–H groups in total. The summed E-state index contributed by atoms with van der Waals surface area (Å²) in [6, 6.07) is 10.8. The van der Waals surface area contributed by atoms with E-state index in [9.17, 15) is 4.79 Å². The van der Waals surface area contributed by atoms with Crippen LogP contribution in [-0.2, 0) is 6.54 Å². The Kier molecular flexibility index (Phi) is 7.57. The molecule has 0 saturated carbocycles. The molecule has 0 aromatic heterocycles. The minimum Gasteiger partial charge on any atom is -0.496 e. The molecule has 7 heteroatoms. The zero-order valence-corrected chi connectivity index (χ0v) is 16.4. The summed E-state index contributed by atoms with van der Waals surface area (Å²) in [5.74, 6) is 0.144. The quantitative estimate of drug-likeness (QED) is 0.666. The summed E-state index contributed by atoms with van der Waals surface area (Å²) in [4.78, 5) is 14.6. The molecule has 2 rings (SSSR count). The number of likely N-dealkylation sites (N-methyl/N-ethyl adjacent to an activating group) is 1. The number of ether oxygens (including phenoxy) is 1. The fourth-order valence-electron chi connectivity index (χ4n) is 2.55. The summed E-state index contributed by atoms with van der Waals surface area (Å²) in [7, 11) is 1.49. The van der Waals surface area contributed by atoms with Crippen LogP contribution in [-0.4, -0.2) is 37.6 Å². The Bertz CT molecular complexity index is 768. The highest BCUT2D eigenvalue weighted by Gasteiger charge is 2.15. The third kappa shape index (κ3) is 5.27. The van der Waals surface area contributed by atoms with Crippen molar-refractivity contribution < 1.29 is 9.53 Å².